The van der Waals surface area contributed by atoms with Gasteiger partial charge in [-0.15, -0.1) is 0 Å². The molecule has 0 radical (unpaired) electrons. The lowest BCUT2D eigenvalue weighted by molar-refractivity contribution is 0.101. The van der Waals surface area contributed by atoms with Gasteiger partial charge in [0.05, 0.1) is 0 Å². The van der Waals surface area contributed by atoms with E-state index in [0.717, 1.165) is 16.9 Å². The molecule has 0 atom stereocenters. The second-order valence-electron chi connectivity index (χ2n) is 6.39. The third kappa shape index (κ3) is 4.39. The van der Waals surface area contributed by atoms with E-state index in [-0.39, 0.29) is 11.7 Å². The fourth-order valence-electron chi connectivity index (χ4n) is 2.66. The third-order valence-corrected chi connectivity index (χ3v) is 4.43. The van der Waals surface area contributed by atoms with Crippen LogP contribution in [0.25, 0.3) is 0 Å². The van der Waals surface area contributed by atoms with Crippen molar-refractivity contribution in [2.24, 2.45) is 0 Å². The molecule has 1 heterocycles. The minimum Gasteiger partial charge on any atom is -0.355 e. The standard InChI is InChI=1S/C22H21N3O2/c1-14-5-4-6-20(15(14)2)24-19-11-12-23-21(13-19)22(27)25-18-9-7-17(8-10-18)16(3)26/h4-13H,1-3H3,(H,23,24)(H,25,27). The molecule has 1 amide bonds. The maximum atomic E-state index is 12.5. The van der Waals surface area contributed by atoms with Gasteiger partial charge in [-0.1, -0.05) is 12.1 Å². The van der Waals surface area contributed by atoms with Crippen molar-refractivity contribution in [2.75, 3.05) is 10.6 Å². The number of hydrogen-bond donors (Lipinski definition) is 2. The van der Waals surface area contributed by atoms with Crippen molar-refractivity contribution < 1.29 is 9.59 Å². The van der Waals surface area contributed by atoms with Crippen LogP contribution in [0.15, 0.2) is 60.8 Å². The molecule has 3 rings (SSSR count). The molecular weight excluding hydrogens is 338 g/mol. The van der Waals surface area contributed by atoms with Gasteiger partial charge in [0.25, 0.3) is 5.91 Å². The first-order valence-corrected chi connectivity index (χ1v) is 8.65. The van der Waals surface area contributed by atoms with E-state index in [1.807, 2.05) is 18.2 Å². The van der Waals surface area contributed by atoms with Gasteiger partial charge in [-0.2, -0.15) is 0 Å². The lowest BCUT2D eigenvalue weighted by Crippen LogP contribution is -2.14. The van der Waals surface area contributed by atoms with Crippen LogP contribution in [0.4, 0.5) is 17.1 Å². The summed E-state index contributed by atoms with van der Waals surface area (Å²) in [6.07, 6.45) is 1.60. The second-order valence-corrected chi connectivity index (χ2v) is 6.39. The quantitative estimate of drug-likeness (QED) is 0.636. The molecule has 3 aromatic rings. The van der Waals surface area contributed by atoms with E-state index in [1.165, 1.54) is 12.5 Å². The van der Waals surface area contributed by atoms with Crippen LogP contribution in [0.1, 0.15) is 38.9 Å². The number of pyridine rings is 1. The van der Waals surface area contributed by atoms with Crippen LogP contribution in [-0.2, 0) is 0 Å². The van der Waals surface area contributed by atoms with Gasteiger partial charge in [0.15, 0.2) is 5.78 Å². The van der Waals surface area contributed by atoms with Gasteiger partial charge >= 0.3 is 0 Å². The zero-order chi connectivity index (χ0) is 19.4. The lowest BCUT2D eigenvalue weighted by atomic mass is 10.1. The number of rotatable bonds is 5. The predicted octanol–water partition coefficient (Wildman–Crippen LogP) is 4.90. The Bertz CT molecular complexity index is 995. The highest BCUT2D eigenvalue weighted by Gasteiger charge is 2.10. The zero-order valence-electron chi connectivity index (χ0n) is 15.5. The monoisotopic (exact) mass is 359 g/mol. The Morgan fingerprint density at radius 3 is 2.37 bits per heavy atom. The summed E-state index contributed by atoms with van der Waals surface area (Å²) in [5, 5.41) is 6.13. The third-order valence-electron chi connectivity index (χ3n) is 4.43. The number of carbonyl (C=O) groups is 2. The van der Waals surface area contributed by atoms with Gasteiger partial charge in [0.1, 0.15) is 5.69 Å². The molecule has 2 aromatic carbocycles. The first kappa shape index (κ1) is 18.3. The maximum absolute atomic E-state index is 12.5. The molecule has 0 spiro atoms. The molecule has 5 heteroatoms. The fourth-order valence-corrected chi connectivity index (χ4v) is 2.66. The zero-order valence-corrected chi connectivity index (χ0v) is 15.5. The number of benzene rings is 2. The molecule has 0 aliphatic heterocycles. The van der Waals surface area contributed by atoms with Crippen LogP contribution in [-0.4, -0.2) is 16.7 Å². The van der Waals surface area contributed by atoms with Crippen molar-refractivity contribution in [3.8, 4) is 0 Å². The van der Waals surface area contributed by atoms with E-state index >= 15 is 0 Å². The molecule has 0 bridgehead atoms. The maximum Gasteiger partial charge on any atom is 0.274 e. The van der Waals surface area contributed by atoms with Crippen molar-refractivity contribution in [1.82, 2.24) is 4.98 Å². The van der Waals surface area contributed by atoms with Crippen LogP contribution in [0, 0.1) is 13.8 Å². The van der Waals surface area contributed by atoms with Gasteiger partial charge in [-0.3, -0.25) is 14.6 Å². The molecule has 136 valence electrons. The summed E-state index contributed by atoms with van der Waals surface area (Å²) in [4.78, 5) is 28.0. The minimum atomic E-state index is -0.310. The van der Waals surface area contributed by atoms with Gasteiger partial charge in [0, 0.05) is 28.8 Å². The van der Waals surface area contributed by atoms with Gasteiger partial charge in [-0.25, -0.2) is 0 Å². The number of hydrogen-bond acceptors (Lipinski definition) is 4. The summed E-state index contributed by atoms with van der Waals surface area (Å²) in [6, 6.07) is 16.3. The molecule has 0 saturated carbocycles. The Labute approximate surface area is 158 Å². The molecular formula is C22H21N3O2. The van der Waals surface area contributed by atoms with Crippen molar-refractivity contribution in [1.29, 1.82) is 0 Å². The number of anilines is 3. The number of amides is 1. The highest BCUT2D eigenvalue weighted by Crippen LogP contribution is 2.23. The second kappa shape index (κ2) is 7.83. The molecule has 0 saturated heterocycles. The van der Waals surface area contributed by atoms with Crippen LogP contribution in [0.5, 0.6) is 0 Å². The van der Waals surface area contributed by atoms with Crippen molar-refractivity contribution >= 4 is 28.8 Å². The number of aromatic nitrogens is 1. The number of Topliss-reactive ketones (excluding diaryl/α,β-unsaturated/α-hetero) is 1. The number of carbonyl (C=O) groups excluding carboxylic acids is 2. The highest BCUT2D eigenvalue weighted by molar-refractivity contribution is 6.03. The number of nitrogens with one attached hydrogen (secondary N) is 2. The van der Waals surface area contributed by atoms with Crippen LogP contribution >= 0.6 is 0 Å². The van der Waals surface area contributed by atoms with Crippen molar-refractivity contribution in [2.45, 2.75) is 20.8 Å². The topological polar surface area (TPSA) is 71.1 Å². The van der Waals surface area contributed by atoms with Gasteiger partial charge in [-0.05, 0) is 74.4 Å². The van der Waals surface area contributed by atoms with E-state index in [0.29, 0.717) is 16.9 Å². The van der Waals surface area contributed by atoms with Crippen molar-refractivity contribution in [3.05, 3.63) is 83.2 Å². The van der Waals surface area contributed by atoms with Gasteiger partial charge in [0.2, 0.25) is 0 Å². The summed E-state index contributed by atoms with van der Waals surface area (Å²) >= 11 is 0. The first-order chi connectivity index (χ1) is 12.9. The Kier molecular flexibility index (Phi) is 5.31. The average Bonchev–Trinajstić information content (AvgIpc) is 2.66. The van der Waals surface area contributed by atoms with Crippen molar-refractivity contribution in [3.63, 3.8) is 0 Å². The largest absolute Gasteiger partial charge is 0.355 e. The molecule has 0 aliphatic rings. The number of ketones is 1. The predicted molar refractivity (Wildman–Crippen MR) is 108 cm³/mol. The van der Waals surface area contributed by atoms with Gasteiger partial charge < -0.3 is 10.6 Å². The van der Waals surface area contributed by atoms with E-state index in [9.17, 15) is 9.59 Å². The molecule has 1 aromatic heterocycles. The van der Waals surface area contributed by atoms with E-state index in [1.54, 1.807) is 36.5 Å². The van der Waals surface area contributed by atoms with E-state index < -0.39 is 0 Å². The smallest absolute Gasteiger partial charge is 0.274 e. The molecule has 27 heavy (non-hydrogen) atoms. The summed E-state index contributed by atoms with van der Waals surface area (Å²) in [5.74, 6) is -0.324. The average molecular weight is 359 g/mol. The normalized spacial score (nSPS) is 10.3. The Balaban J connectivity index is 1.75. The summed E-state index contributed by atoms with van der Waals surface area (Å²) in [5.41, 5.74) is 5.65. The Morgan fingerprint density at radius 2 is 1.67 bits per heavy atom. The number of nitrogens with zero attached hydrogens (tertiary/aromatic N) is 1. The van der Waals surface area contributed by atoms with Crippen LogP contribution in [0.2, 0.25) is 0 Å². The van der Waals surface area contributed by atoms with Crippen LogP contribution < -0.4 is 10.6 Å². The molecule has 0 unspecified atom stereocenters. The Hall–Kier alpha value is -3.47. The summed E-state index contributed by atoms with van der Waals surface area (Å²) < 4.78 is 0. The summed E-state index contributed by atoms with van der Waals surface area (Å²) in [6.45, 7) is 5.62. The lowest BCUT2D eigenvalue weighted by Gasteiger charge is -2.12. The summed E-state index contributed by atoms with van der Waals surface area (Å²) in [7, 11) is 0. The molecule has 0 fully saturated rings. The first-order valence-electron chi connectivity index (χ1n) is 8.65. The molecule has 0 aliphatic carbocycles. The minimum absolute atomic E-state index is 0.0141. The molecule has 5 nitrogen and oxygen atoms in total. The van der Waals surface area contributed by atoms with E-state index in [4.69, 9.17) is 0 Å². The van der Waals surface area contributed by atoms with Crippen LogP contribution in [0.3, 0.4) is 0 Å². The highest BCUT2D eigenvalue weighted by atomic mass is 16.2. The SMILES string of the molecule is CC(=O)c1ccc(NC(=O)c2cc(Nc3cccc(C)c3C)ccn2)cc1. The number of aryl methyl sites for hydroxylation is 1. The van der Waals surface area contributed by atoms with E-state index in [2.05, 4.69) is 35.5 Å². The Morgan fingerprint density at radius 1 is 0.926 bits per heavy atom. The fraction of sp³-hybridized carbons (Fsp3) is 0.136. The molecule has 2 N–H and O–H groups in total.